The Labute approximate surface area is 119 Å². The molecular formula is C18H18O2. The molecule has 0 radical (unpaired) electrons. The Morgan fingerprint density at radius 2 is 1.80 bits per heavy atom. The second kappa shape index (κ2) is 5.91. The van der Waals surface area contributed by atoms with Crippen molar-refractivity contribution in [2.24, 2.45) is 5.92 Å². The molecule has 1 fully saturated rings. The van der Waals surface area contributed by atoms with Gasteiger partial charge in [-0.3, -0.25) is 4.79 Å². The van der Waals surface area contributed by atoms with Gasteiger partial charge in [-0.15, -0.1) is 0 Å². The van der Waals surface area contributed by atoms with E-state index in [0.717, 1.165) is 41.3 Å². The van der Waals surface area contributed by atoms with E-state index in [2.05, 4.69) is 0 Å². The summed E-state index contributed by atoms with van der Waals surface area (Å²) in [6.07, 6.45) is 4.83. The zero-order valence-electron chi connectivity index (χ0n) is 11.4. The number of rotatable bonds is 5. The average Bonchev–Trinajstić information content (AvgIpc) is 2.46. The Bertz CT molecular complexity index is 583. The van der Waals surface area contributed by atoms with Crippen molar-refractivity contribution < 1.29 is 9.53 Å². The van der Waals surface area contributed by atoms with Crippen LogP contribution in [-0.2, 0) is 0 Å². The quantitative estimate of drug-likeness (QED) is 0.752. The second-order valence-corrected chi connectivity index (χ2v) is 5.34. The van der Waals surface area contributed by atoms with Crippen molar-refractivity contribution in [3.63, 3.8) is 0 Å². The standard InChI is InChI=1S/C18H18O2/c19-12-16-6-1-2-7-18(16)15-8-10-17(11-9-15)20-13-14-4-3-5-14/h1-2,6-12,14H,3-5,13H2. The van der Waals surface area contributed by atoms with Gasteiger partial charge >= 0.3 is 0 Å². The zero-order chi connectivity index (χ0) is 13.8. The molecule has 102 valence electrons. The summed E-state index contributed by atoms with van der Waals surface area (Å²) in [7, 11) is 0. The predicted octanol–water partition coefficient (Wildman–Crippen LogP) is 4.35. The van der Waals surface area contributed by atoms with E-state index in [4.69, 9.17) is 4.74 Å². The van der Waals surface area contributed by atoms with E-state index < -0.39 is 0 Å². The summed E-state index contributed by atoms with van der Waals surface area (Å²) in [5, 5.41) is 0. The van der Waals surface area contributed by atoms with Crippen LogP contribution in [0.15, 0.2) is 48.5 Å². The van der Waals surface area contributed by atoms with Gasteiger partial charge in [0.05, 0.1) is 6.61 Å². The first-order valence-electron chi connectivity index (χ1n) is 7.14. The third-order valence-corrected chi connectivity index (χ3v) is 3.96. The molecule has 1 aliphatic carbocycles. The fourth-order valence-corrected chi connectivity index (χ4v) is 2.47. The molecule has 2 aromatic rings. The minimum atomic E-state index is 0.718. The second-order valence-electron chi connectivity index (χ2n) is 5.34. The molecule has 0 atom stereocenters. The molecule has 20 heavy (non-hydrogen) atoms. The molecule has 0 bridgehead atoms. The molecule has 0 N–H and O–H groups in total. The summed E-state index contributed by atoms with van der Waals surface area (Å²) >= 11 is 0. The lowest BCUT2D eigenvalue weighted by atomic mass is 9.86. The molecule has 0 aromatic heterocycles. The molecule has 1 saturated carbocycles. The molecule has 0 aliphatic heterocycles. The summed E-state index contributed by atoms with van der Waals surface area (Å²) in [6, 6.07) is 15.6. The highest BCUT2D eigenvalue weighted by Gasteiger charge is 2.17. The maximum atomic E-state index is 11.1. The first kappa shape index (κ1) is 12.9. The number of ether oxygens (including phenoxy) is 1. The monoisotopic (exact) mass is 266 g/mol. The lowest BCUT2D eigenvalue weighted by molar-refractivity contribution is 0.112. The van der Waals surface area contributed by atoms with Crippen molar-refractivity contribution in [2.45, 2.75) is 19.3 Å². The minimum Gasteiger partial charge on any atom is -0.493 e. The number of hydrogen-bond donors (Lipinski definition) is 0. The van der Waals surface area contributed by atoms with Crippen molar-refractivity contribution in [1.29, 1.82) is 0 Å². The number of carbonyl (C=O) groups excluding carboxylic acids is 1. The smallest absolute Gasteiger partial charge is 0.150 e. The van der Waals surface area contributed by atoms with Gasteiger partial charge in [0.2, 0.25) is 0 Å². The van der Waals surface area contributed by atoms with Crippen LogP contribution in [0.1, 0.15) is 29.6 Å². The predicted molar refractivity (Wildman–Crippen MR) is 80.1 cm³/mol. The van der Waals surface area contributed by atoms with Gasteiger partial charge in [-0.25, -0.2) is 0 Å². The summed E-state index contributed by atoms with van der Waals surface area (Å²) in [6.45, 7) is 0.824. The van der Waals surface area contributed by atoms with Gasteiger partial charge < -0.3 is 4.74 Å². The Morgan fingerprint density at radius 3 is 2.45 bits per heavy atom. The van der Waals surface area contributed by atoms with Crippen LogP contribution in [0, 0.1) is 5.92 Å². The summed E-state index contributed by atoms with van der Waals surface area (Å²) in [4.78, 5) is 11.1. The molecule has 3 rings (SSSR count). The van der Waals surface area contributed by atoms with Gasteiger partial charge in [0.1, 0.15) is 5.75 Å². The Balaban J connectivity index is 1.73. The zero-order valence-corrected chi connectivity index (χ0v) is 11.4. The van der Waals surface area contributed by atoms with E-state index in [0.29, 0.717) is 0 Å². The average molecular weight is 266 g/mol. The fraction of sp³-hybridized carbons (Fsp3) is 0.278. The number of aldehydes is 1. The van der Waals surface area contributed by atoms with E-state index in [1.165, 1.54) is 19.3 Å². The van der Waals surface area contributed by atoms with Gasteiger partial charge in [-0.05, 0) is 42.0 Å². The number of benzene rings is 2. The van der Waals surface area contributed by atoms with Gasteiger partial charge in [-0.1, -0.05) is 42.8 Å². The fourth-order valence-electron chi connectivity index (χ4n) is 2.47. The molecule has 1 aliphatic rings. The summed E-state index contributed by atoms with van der Waals surface area (Å²) in [5.74, 6) is 1.65. The molecule has 0 spiro atoms. The summed E-state index contributed by atoms with van der Waals surface area (Å²) in [5.41, 5.74) is 2.73. The van der Waals surface area contributed by atoms with Crippen molar-refractivity contribution >= 4 is 6.29 Å². The third kappa shape index (κ3) is 2.74. The van der Waals surface area contributed by atoms with E-state index in [1.807, 2.05) is 48.5 Å². The van der Waals surface area contributed by atoms with Gasteiger partial charge in [0, 0.05) is 5.56 Å². The Morgan fingerprint density at radius 1 is 1.05 bits per heavy atom. The van der Waals surface area contributed by atoms with Crippen LogP contribution >= 0.6 is 0 Å². The van der Waals surface area contributed by atoms with Crippen LogP contribution in [0.25, 0.3) is 11.1 Å². The van der Waals surface area contributed by atoms with E-state index in [-0.39, 0.29) is 0 Å². The molecule has 2 nitrogen and oxygen atoms in total. The number of carbonyl (C=O) groups is 1. The Hall–Kier alpha value is -2.09. The van der Waals surface area contributed by atoms with Crippen LogP contribution in [0.5, 0.6) is 5.75 Å². The highest BCUT2D eigenvalue weighted by molar-refractivity contribution is 5.87. The maximum Gasteiger partial charge on any atom is 0.150 e. The van der Waals surface area contributed by atoms with Gasteiger partial charge in [0.25, 0.3) is 0 Å². The van der Waals surface area contributed by atoms with Gasteiger partial charge in [-0.2, -0.15) is 0 Å². The van der Waals surface area contributed by atoms with E-state index in [1.54, 1.807) is 0 Å². The molecule has 2 aromatic carbocycles. The van der Waals surface area contributed by atoms with Crippen LogP contribution in [0.2, 0.25) is 0 Å². The first-order chi connectivity index (χ1) is 9.86. The van der Waals surface area contributed by atoms with Crippen LogP contribution in [0.3, 0.4) is 0 Å². The third-order valence-electron chi connectivity index (χ3n) is 3.96. The molecule has 0 saturated heterocycles. The van der Waals surface area contributed by atoms with E-state index >= 15 is 0 Å². The highest BCUT2D eigenvalue weighted by Crippen LogP contribution is 2.28. The molecule has 2 heteroatoms. The van der Waals surface area contributed by atoms with E-state index in [9.17, 15) is 4.79 Å². The van der Waals surface area contributed by atoms with Crippen LogP contribution in [0.4, 0.5) is 0 Å². The first-order valence-corrected chi connectivity index (χ1v) is 7.14. The van der Waals surface area contributed by atoms with Crippen molar-refractivity contribution in [1.82, 2.24) is 0 Å². The lowest BCUT2D eigenvalue weighted by Gasteiger charge is -2.25. The maximum absolute atomic E-state index is 11.1. The van der Waals surface area contributed by atoms with Crippen LogP contribution < -0.4 is 4.74 Å². The largest absolute Gasteiger partial charge is 0.493 e. The lowest BCUT2D eigenvalue weighted by Crippen LogP contribution is -2.19. The van der Waals surface area contributed by atoms with Crippen molar-refractivity contribution in [3.8, 4) is 16.9 Å². The normalized spacial score (nSPS) is 14.6. The molecule has 0 unspecified atom stereocenters. The minimum absolute atomic E-state index is 0.718. The van der Waals surface area contributed by atoms with Crippen LogP contribution in [-0.4, -0.2) is 12.9 Å². The molecule has 0 amide bonds. The van der Waals surface area contributed by atoms with Crippen molar-refractivity contribution in [3.05, 3.63) is 54.1 Å². The summed E-state index contributed by atoms with van der Waals surface area (Å²) < 4.78 is 5.79. The topological polar surface area (TPSA) is 26.3 Å². The highest BCUT2D eigenvalue weighted by atomic mass is 16.5. The Kier molecular flexibility index (Phi) is 3.82. The SMILES string of the molecule is O=Cc1ccccc1-c1ccc(OCC2CCC2)cc1. The number of hydrogen-bond acceptors (Lipinski definition) is 2. The van der Waals surface area contributed by atoms with Crippen molar-refractivity contribution in [2.75, 3.05) is 6.61 Å². The van der Waals surface area contributed by atoms with Gasteiger partial charge in [0.15, 0.2) is 6.29 Å². The molecular weight excluding hydrogens is 248 g/mol. The molecule has 0 heterocycles.